The Bertz CT molecular complexity index is 603. The third-order valence-electron chi connectivity index (χ3n) is 2.31. The first-order chi connectivity index (χ1) is 9.04. The minimum atomic E-state index is -3.87. The molecule has 0 atom stereocenters. The van der Waals surface area contributed by atoms with Gasteiger partial charge in [-0.2, -0.15) is 0 Å². The molecule has 0 bridgehead atoms. The minimum absolute atomic E-state index is 0.125. The second-order valence-electron chi connectivity index (χ2n) is 5.34. The second-order valence-corrected chi connectivity index (χ2v) is 6.90. The van der Waals surface area contributed by atoms with Crippen molar-refractivity contribution < 1.29 is 17.9 Å². The van der Waals surface area contributed by atoms with Gasteiger partial charge in [0.2, 0.25) is 10.0 Å². The van der Waals surface area contributed by atoms with E-state index in [4.69, 9.17) is 9.88 Å². The van der Waals surface area contributed by atoms with Crippen molar-refractivity contribution in [1.82, 2.24) is 5.32 Å². The molecule has 0 saturated heterocycles. The van der Waals surface area contributed by atoms with Gasteiger partial charge >= 0.3 is 0 Å². The van der Waals surface area contributed by atoms with Gasteiger partial charge in [-0.15, -0.1) is 0 Å². The lowest BCUT2D eigenvalue weighted by Crippen LogP contribution is -2.40. The number of ether oxygens (including phenoxy) is 1. The molecule has 0 aliphatic carbocycles. The molecule has 3 N–H and O–H groups in total. The first-order valence-electron chi connectivity index (χ1n) is 6.17. The first-order valence-corrected chi connectivity index (χ1v) is 7.71. The van der Waals surface area contributed by atoms with E-state index in [1.165, 1.54) is 18.2 Å². The summed E-state index contributed by atoms with van der Waals surface area (Å²) in [4.78, 5) is 12.1. The number of nitrogens with two attached hydrogens (primary N) is 1. The van der Waals surface area contributed by atoms with Crippen LogP contribution in [-0.4, -0.2) is 26.5 Å². The highest BCUT2D eigenvalue weighted by atomic mass is 32.2. The maximum Gasteiger partial charge on any atom is 0.255 e. The van der Waals surface area contributed by atoms with E-state index in [9.17, 15) is 13.2 Å². The number of nitrogens with one attached hydrogen (secondary N) is 1. The monoisotopic (exact) mass is 300 g/mol. The van der Waals surface area contributed by atoms with Crippen LogP contribution < -0.4 is 15.2 Å². The van der Waals surface area contributed by atoms with Crippen LogP contribution in [0.5, 0.6) is 5.75 Å². The van der Waals surface area contributed by atoms with E-state index in [2.05, 4.69) is 5.32 Å². The van der Waals surface area contributed by atoms with Gasteiger partial charge in [0, 0.05) is 5.54 Å². The molecule has 112 valence electrons. The van der Waals surface area contributed by atoms with Gasteiger partial charge in [0.25, 0.3) is 5.91 Å². The summed E-state index contributed by atoms with van der Waals surface area (Å²) in [6, 6.07) is 3.97. The molecule has 1 amide bonds. The average Bonchev–Trinajstić information content (AvgIpc) is 2.26. The minimum Gasteiger partial charge on any atom is -0.493 e. The van der Waals surface area contributed by atoms with Gasteiger partial charge in [-0.05, 0) is 45.9 Å². The van der Waals surface area contributed by atoms with Crippen LogP contribution in [0.2, 0.25) is 0 Å². The van der Waals surface area contributed by atoms with Crippen LogP contribution in [0.4, 0.5) is 0 Å². The predicted octanol–water partition coefficient (Wildman–Crippen LogP) is 1.26. The smallest absolute Gasteiger partial charge is 0.255 e. The topological polar surface area (TPSA) is 98.5 Å². The quantitative estimate of drug-likeness (QED) is 0.874. The van der Waals surface area contributed by atoms with E-state index in [0.29, 0.717) is 12.4 Å². The molecule has 0 fully saturated rings. The maximum absolute atomic E-state index is 12.2. The number of primary sulfonamides is 1. The molecule has 1 aromatic rings. The van der Waals surface area contributed by atoms with Crippen molar-refractivity contribution in [1.29, 1.82) is 0 Å². The summed E-state index contributed by atoms with van der Waals surface area (Å²) < 4.78 is 28.1. The number of hydrogen-bond acceptors (Lipinski definition) is 4. The summed E-state index contributed by atoms with van der Waals surface area (Å²) >= 11 is 0. The van der Waals surface area contributed by atoms with Crippen LogP contribution >= 0.6 is 0 Å². The maximum atomic E-state index is 12.2. The van der Waals surface area contributed by atoms with Crippen molar-refractivity contribution in [3.8, 4) is 5.75 Å². The molecule has 6 nitrogen and oxygen atoms in total. The Balaban J connectivity index is 3.29. The number of rotatable bonds is 4. The molecule has 0 spiro atoms. The van der Waals surface area contributed by atoms with Crippen molar-refractivity contribution in [3.63, 3.8) is 0 Å². The highest BCUT2D eigenvalue weighted by Gasteiger charge is 2.21. The second kappa shape index (κ2) is 5.80. The summed E-state index contributed by atoms with van der Waals surface area (Å²) in [6.45, 7) is 7.63. The molecule has 0 aliphatic rings. The van der Waals surface area contributed by atoms with Gasteiger partial charge < -0.3 is 10.1 Å². The summed E-state index contributed by atoms with van der Waals surface area (Å²) in [6.07, 6.45) is 0. The SMILES string of the molecule is CCOc1ccc(S(N)(=O)=O)cc1C(=O)NC(C)(C)C. The molecule has 20 heavy (non-hydrogen) atoms. The van der Waals surface area contributed by atoms with E-state index < -0.39 is 21.5 Å². The van der Waals surface area contributed by atoms with Crippen LogP contribution in [0.1, 0.15) is 38.1 Å². The lowest BCUT2D eigenvalue weighted by Gasteiger charge is -2.21. The van der Waals surface area contributed by atoms with Crippen LogP contribution in [0.15, 0.2) is 23.1 Å². The van der Waals surface area contributed by atoms with Gasteiger partial charge in [0.1, 0.15) is 5.75 Å². The van der Waals surface area contributed by atoms with Crippen LogP contribution in [0, 0.1) is 0 Å². The molecule has 0 aromatic heterocycles. The van der Waals surface area contributed by atoms with Gasteiger partial charge in [0.05, 0.1) is 17.1 Å². The summed E-state index contributed by atoms with van der Waals surface area (Å²) in [5.41, 5.74) is -0.300. The van der Waals surface area contributed by atoms with Crippen molar-refractivity contribution in [2.75, 3.05) is 6.61 Å². The molecule has 1 rings (SSSR count). The highest BCUT2D eigenvalue weighted by Crippen LogP contribution is 2.23. The Hall–Kier alpha value is -1.60. The number of carbonyl (C=O) groups excluding carboxylic acids is 1. The first kappa shape index (κ1) is 16.5. The van der Waals surface area contributed by atoms with Crippen molar-refractivity contribution in [3.05, 3.63) is 23.8 Å². The molecule has 0 aliphatic heterocycles. The molecular weight excluding hydrogens is 280 g/mol. The Morgan fingerprint density at radius 3 is 2.40 bits per heavy atom. The zero-order chi connectivity index (χ0) is 15.6. The fourth-order valence-corrected chi connectivity index (χ4v) is 2.09. The van der Waals surface area contributed by atoms with E-state index in [-0.39, 0.29) is 10.5 Å². The third kappa shape index (κ3) is 4.50. The summed E-state index contributed by atoms with van der Waals surface area (Å²) in [5, 5.41) is 7.84. The predicted molar refractivity (Wildman–Crippen MR) is 76.2 cm³/mol. The van der Waals surface area contributed by atoms with Crippen molar-refractivity contribution >= 4 is 15.9 Å². The zero-order valence-electron chi connectivity index (χ0n) is 12.1. The molecule has 7 heteroatoms. The fourth-order valence-electron chi connectivity index (χ4n) is 1.55. The summed E-state index contributed by atoms with van der Waals surface area (Å²) in [7, 11) is -3.87. The fraction of sp³-hybridized carbons (Fsp3) is 0.462. The Kier molecular flexibility index (Phi) is 4.77. The Morgan fingerprint density at radius 1 is 1.35 bits per heavy atom. The van der Waals surface area contributed by atoms with Gasteiger partial charge in [-0.1, -0.05) is 0 Å². The van der Waals surface area contributed by atoms with E-state index >= 15 is 0 Å². The van der Waals surface area contributed by atoms with Crippen molar-refractivity contribution in [2.45, 2.75) is 38.1 Å². The molecule has 0 heterocycles. The average molecular weight is 300 g/mol. The molecule has 0 radical (unpaired) electrons. The van der Waals surface area contributed by atoms with E-state index in [0.717, 1.165) is 0 Å². The number of benzene rings is 1. The zero-order valence-corrected chi connectivity index (χ0v) is 12.9. The number of sulfonamides is 1. The summed E-state index contributed by atoms with van der Waals surface area (Å²) in [5.74, 6) is -0.0897. The molecule has 0 saturated carbocycles. The number of hydrogen-bond donors (Lipinski definition) is 2. The highest BCUT2D eigenvalue weighted by molar-refractivity contribution is 7.89. The molecule has 1 aromatic carbocycles. The van der Waals surface area contributed by atoms with E-state index in [1.54, 1.807) is 6.92 Å². The van der Waals surface area contributed by atoms with Gasteiger partial charge in [0.15, 0.2) is 0 Å². The molecule has 0 unspecified atom stereocenters. The van der Waals surface area contributed by atoms with E-state index in [1.807, 2.05) is 20.8 Å². The van der Waals surface area contributed by atoms with Crippen LogP contribution in [0.3, 0.4) is 0 Å². The lowest BCUT2D eigenvalue weighted by molar-refractivity contribution is 0.0915. The largest absolute Gasteiger partial charge is 0.493 e. The normalized spacial score (nSPS) is 12.1. The Morgan fingerprint density at radius 2 is 1.95 bits per heavy atom. The van der Waals surface area contributed by atoms with Crippen molar-refractivity contribution in [2.24, 2.45) is 5.14 Å². The standard InChI is InChI=1S/C13H20N2O4S/c1-5-19-11-7-6-9(20(14,17)18)8-10(11)12(16)15-13(2,3)4/h6-8H,5H2,1-4H3,(H,15,16)(H2,14,17,18). The van der Waals surface area contributed by atoms with Gasteiger partial charge in [-0.25, -0.2) is 13.6 Å². The lowest BCUT2D eigenvalue weighted by atomic mass is 10.1. The third-order valence-corrected chi connectivity index (χ3v) is 3.22. The molecular formula is C13H20N2O4S. The Labute approximate surface area is 119 Å². The van der Waals surface area contributed by atoms with Crippen LogP contribution in [0.25, 0.3) is 0 Å². The number of carbonyl (C=O) groups is 1. The van der Waals surface area contributed by atoms with Gasteiger partial charge in [-0.3, -0.25) is 4.79 Å². The van der Waals surface area contributed by atoms with Crippen LogP contribution in [-0.2, 0) is 10.0 Å². The number of amides is 1.